The van der Waals surface area contributed by atoms with E-state index >= 15 is 0 Å². The lowest BCUT2D eigenvalue weighted by Crippen LogP contribution is -2.34. The van der Waals surface area contributed by atoms with Crippen molar-refractivity contribution in [3.05, 3.63) is 113 Å². The number of hydrogen-bond donors (Lipinski definition) is 1. The summed E-state index contributed by atoms with van der Waals surface area (Å²) in [5, 5.41) is 11.0. The van der Waals surface area contributed by atoms with Gasteiger partial charge in [0.05, 0.1) is 11.6 Å². The molecule has 0 aliphatic carbocycles. The van der Waals surface area contributed by atoms with Crippen LogP contribution in [0, 0.1) is 5.82 Å². The molecule has 1 N–H and O–H groups in total. The van der Waals surface area contributed by atoms with Crippen LogP contribution in [0.25, 0.3) is 10.8 Å². The van der Waals surface area contributed by atoms with Crippen molar-refractivity contribution in [2.24, 2.45) is 0 Å². The van der Waals surface area contributed by atoms with Crippen LogP contribution in [0.4, 0.5) is 4.39 Å². The summed E-state index contributed by atoms with van der Waals surface area (Å²) in [4.78, 5) is 31.1. The molecule has 3 aromatic carbocycles. The number of carboxylic acids is 1. The van der Waals surface area contributed by atoms with E-state index < -0.39 is 12.0 Å². The summed E-state index contributed by atoms with van der Waals surface area (Å²) < 4.78 is 13.5. The predicted octanol–water partition coefficient (Wildman–Crippen LogP) is 5.48. The van der Waals surface area contributed by atoms with Crippen molar-refractivity contribution in [2.75, 3.05) is 0 Å². The van der Waals surface area contributed by atoms with Crippen LogP contribution < -0.4 is 0 Å². The Bertz CT molecular complexity index is 1280. The first-order chi connectivity index (χ1) is 15.4. The minimum atomic E-state index is -1.04. The van der Waals surface area contributed by atoms with Gasteiger partial charge in [-0.25, -0.2) is 9.18 Å². The summed E-state index contributed by atoms with van der Waals surface area (Å²) in [7, 11) is 0. The number of hydrogen-bond acceptors (Lipinski definition) is 3. The molecule has 1 unspecified atom stereocenters. The van der Waals surface area contributed by atoms with Gasteiger partial charge in [0.1, 0.15) is 11.5 Å². The molecule has 6 heteroatoms. The third kappa shape index (κ3) is 4.34. The molecule has 0 aliphatic heterocycles. The van der Waals surface area contributed by atoms with E-state index in [-0.39, 0.29) is 23.8 Å². The fourth-order valence-corrected chi connectivity index (χ4v) is 3.73. The average molecular weight is 428 g/mol. The number of rotatable bonds is 6. The monoisotopic (exact) mass is 428 g/mol. The molecule has 0 fully saturated rings. The van der Waals surface area contributed by atoms with E-state index in [0.717, 1.165) is 16.3 Å². The van der Waals surface area contributed by atoms with Gasteiger partial charge in [-0.15, -0.1) is 0 Å². The van der Waals surface area contributed by atoms with Crippen LogP contribution in [0.2, 0.25) is 0 Å². The van der Waals surface area contributed by atoms with E-state index in [0.29, 0.717) is 11.3 Å². The Morgan fingerprint density at radius 3 is 2.50 bits per heavy atom. The van der Waals surface area contributed by atoms with Crippen molar-refractivity contribution in [1.82, 2.24) is 9.88 Å². The van der Waals surface area contributed by atoms with E-state index in [4.69, 9.17) is 0 Å². The number of aromatic carboxylic acids is 1. The minimum absolute atomic E-state index is 0.146. The van der Waals surface area contributed by atoms with Gasteiger partial charge in [0, 0.05) is 18.1 Å². The van der Waals surface area contributed by atoms with Crippen LogP contribution in [0.15, 0.2) is 85.1 Å². The molecule has 1 amide bonds. The topological polar surface area (TPSA) is 70.5 Å². The molecule has 1 heterocycles. The molecular formula is C26H21FN2O3. The summed E-state index contributed by atoms with van der Waals surface area (Å²) in [6.45, 7) is 2.03. The van der Waals surface area contributed by atoms with Crippen LogP contribution in [0.1, 0.15) is 44.9 Å². The third-order valence-corrected chi connectivity index (χ3v) is 5.48. The lowest BCUT2D eigenvalue weighted by atomic mass is 10.0. The molecule has 0 radical (unpaired) electrons. The third-order valence-electron chi connectivity index (χ3n) is 5.48. The van der Waals surface area contributed by atoms with E-state index in [2.05, 4.69) is 4.98 Å². The maximum atomic E-state index is 13.7. The Kier molecular flexibility index (Phi) is 5.94. The maximum Gasteiger partial charge on any atom is 0.335 e. The van der Waals surface area contributed by atoms with Gasteiger partial charge in [0.2, 0.25) is 0 Å². The molecule has 4 aromatic rings. The van der Waals surface area contributed by atoms with Gasteiger partial charge >= 0.3 is 5.97 Å². The van der Waals surface area contributed by atoms with Gasteiger partial charge < -0.3 is 10.0 Å². The molecule has 4 rings (SSSR count). The average Bonchev–Trinajstić information content (AvgIpc) is 2.82. The fourth-order valence-electron chi connectivity index (χ4n) is 3.73. The zero-order chi connectivity index (χ0) is 22.7. The van der Waals surface area contributed by atoms with Crippen molar-refractivity contribution in [2.45, 2.75) is 19.5 Å². The highest BCUT2D eigenvalue weighted by molar-refractivity contribution is 6.05. The number of amides is 1. The number of pyridine rings is 1. The summed E-state index contributed by atoms with van der Waals surface area (Å²) in [6, 6.07) is 21.4. The SMILES string of the molecule is CC(c1ccc(F)cc1)N(Cc1cccc(C(=O)O)c1)C(=O)c1nccc2ccccc12. The van der Waals surface area contributed by atoms with E-state index in [1.807, 2.05) is 37.3 Å². The maximum absolute atomic E-state index is 13.7. The predicted molar refractivity (Wildman–Crippen MR) is 120 cm³/mol. The van der Waals surface area contributed by atoms with Crippen molar-refractivity contribution in [3.63, 3.8) is 0 Å². The molecule has 160 valence electrons. The van der Waals surface area contributed by atoms with Crippen LogP contribution in [-0.2, 0) is 6.54 Å². The van der Waals surface area contributed by atoms with Gasteiger partial charge in [0.15, 0.2) is 0 Å². The lowest BCUT2D eigenvalue weighted by molar-refractivity contribution is 0.0670. The Balaban J connectivity index is 1.77. The summed E-state index contributed by atoms with van der Waals surface area (Å²) >= 11 is 0. The van der Waals surface area contributed by atoms with Crippen molar-refractivity contribution >= 4 is 22.6 Å². The van der Waals surface area contributed by atoms with Crippen LogP contribution in [0.3, 0.4) is 0 Å². The van der Waals surface area contributed by atoms with Crippen LogP contribution >= 0.6 is 0 Å². The number of carbonyl (C=O) groups excluding carboxylic acids is 1. The number of aromatic nitrogens is 1. The normalized spacial score (nSPS) is 11.8. The molecule has 32 heavy (non-hydrogen) atoms. The number of carbonyl (C=O) groups is 2. The molecular weight excluding hydrogens is 407 g/mol. The van der Waals surface area contributed by atoms with Crippen molar-refractivity contribution in [1.29, 1.82) is 0 Å². The number of fused-ring (bicyclic) bond motifs is 1. The highest BCUT2D eigenvalue weighted by atomic mass is 19.1. The van der Waals surface area contributed by atoms with Gasteiger partial charge in [-0.2, -0.15) is 0 Å². The summed E-state index contributed by atoms with van der Waals surface area (Å²) in [5.41, 5.74) is 1.89. The number of benzene rings is 3. The fraction of sp³-hybridized carbons (Fsp3) is 0.115. The van der Waals surface area contributed by atoms with Gasteiger partial charge in [-0.3, -0.25) is 9.78 Å². The number of halogens is 1. The van der Waals surface area contributed by atoms with Gasteiger partial charge in [0.25, 0.3) is 5.91 Å². The largest absolute Gasteiger partial charge is 0.478 e. The molecule has 5 nitrogen and oxygen atoms in total. The summed E-state index contributed by atoms with van der Waals surface area (Å²) in [6.07, 6.45) is 1.60. The first kappa shape index (κ1) is 21.2. The highest BCUT2D eigenvalue weighted by Gasteiger charge is 2.26. The van der Waals surface area contributed by atoms with Gasteiger partial charge in [-0.1, -0.05) is 48.5 Å². The standard InChI is InChI=1S/C26H21FN2O3/c1-17(19-9-11-22(27)12-10-19)29(16-18-5-4-7-21(15-18)26(31)32)25(30)24-23-8-3-2-6-20(23)13-14-28-24/h2-15,17H,16H2,1H3,(H,31,32). The van der Waals surface area contributed by atoms with Crippen LogP contribution in [-0.4, -0.2) is 26.9 Å². The quantitative estimate of drug-likeness (QED) is 0.442. The van der Waals surface area contributed by atoms with E-state index in [9.17, 15) is 19.1 Å². The van der Waals surface area contributed by atoms with Crippen LogP contribution in [0.5, 0.6) is 0 Å². The molecule has 0 spiro atoms. The first-order valence-electron chi connectivity index (χ1n) is 10.2. The zero-order valence-electron chi connectivity index (χ0n) is 17.4. The highest BCUT2D eigenvalue weighted by Crippen LogP contribution is 2.27. The first-order valence-corrected chi connectivity index (χ1v) is 10.2. The second kappa shape index (κ2) is 8.98. The Morgan fingerprint density at radius 2 is 1.75 bits per heavy atom. The molecule has 1 aromatic heterocycles. The zero-order valence-corrected chi connectivity index (χ0v) is 17.4. The molecule has 0 bridgehead atoms. The minimum Gasteiger partial charge on any atom is -0.478 e. The Morgan fingerprint density at radius 1 is 1.00 bits per heavy atom. The van der Waals surface area contributed by atoms with E-state index in [1.54, 1.807) is 41.4 Å². The Hall–Kier alpha value is -4.06. The second-order valence-corrected chi connectivity index (χ2v) is 7.55. The molecule has 0 saturated heterocycles. The molecule has 0 saturated carbocycles. The number of nitrogens with zero attached hydrogens (tertiary/aromatic N) is 2. The second-order valence-electron chi connectivity index (χ2n) is 7.55. The number of carboxylic acid groups (broad SMARTS) is 1. The van der Waals surface area contributed by atoms with Crippen molar-refractivity contribution < 1.29 is 19.1 Å². The summed E-state index contributed by atoms with van der Waals surface area (Å²) in [5.74, 6) is -1.69. The lowest BCUT2D eigenvalue weighted by Gasteiger charge is -2.30. The van der Waals surface area contributed by atoms with Crippen molar-refractivity contribution in [3.8, 4) is 0 Å². The van der Waals surface area contributed by atoms with E-state index in [1.165, 1.54) is 18.2 Å². The molecule has 1 atom stereocenters. The van der Waals surface area contributed by atoms with Gasteiger partial charge in [-0.05, 0) is 53.8 Å². The molecule has 0 aliphatic rings. The smallest absolute Gasteiger partial charge is 0.335 e. The Labute approximate surface area is 184 Å².